The molecular weight excluding hydrogens is 454 g/mol. The highest BCUT2D eigenvalue weighted by molar-refractivity contribution is 7.22. The van der Waals surface area contributed by atoms with E-state index in [0.29, 0.717) is 39.3 Å². The molecule has 33 heavy (non-hydrogen) atoms. The average molecular weight is 474 g/mol. The number of rotatable bonds is 5. The van der Waals surface area contributed by atoms with E-state index in [1.54, 1.807) is 17.9 Å². The van der Waals surface area contributed by atoms with Crippen LogP contribution in [0.3, 0.4) is 0 Å². The van der Waals surface area contributed by atoms with E-state index < -0.39 is 0 Å². The third-order valence-electron chi connectivity index (χ3n) is 5.40. The maximum atomic E-state index is 14.0. The third kappa shape index (κ3) is 4.15. The lowest BCUT2D eigenvalue weighted by Crippen LogP contribution is -2.31. The van der Waals surface area contributed by atoms with Crippen LogP contribution in [0.4, 0.5) is 5.13 Å². The molecule has 7 heteroatoms. The first kappa shape index (κ1) is 21.4. The summed E-state index contributed by atoms with van der Waals surface area (Å²) < 4.78 is 6.50. The molecule has 0 unspecified atom stereocenters. The molecular formula is C26H20ClN3O2S. The summed E-state index contributed by atoms with van der Waals surface area (Å²) in [6.07, 6.45) is 0. The van der Waals surface area contributed by atoms with Crippen molar-refractivity contribution in [3.05, 3.63) is 100 Å². The van der Waals surface area contributed by atoms with Crippen LogP contribution in [0.2, 0.25) is 5.02 Å². The van der Waals surface area contributed by atoms with Crippen molar-refractivity contribution in [1.82, 2.24) is 10.1 Å². The molecule has 0 aliphatic rings. The van der Waals surface area contributed by atoms with Gasteiger partial charge in [0.25, 0.3) is 5.91 Å². The maximum absolute atomic E-state index is 14.0. The quantitative estimate of drug-likeness (QED) is 0.274. The summed E-state index contributed by atoms with van der Waals surface area (Å²) in [5, 5.41) is 5.31. The normalized spacial score (nSPS) is 11.1. The fourth-order valence-corrected chi connectivity index (χ4v) is 5.01. The van der Waals surface area contributed by atoms with E-state index in [1.165, 1.54) is 11.3 Å². The van der Waals surface area contributed by atoms with Gasteiger partial charge in [0.2, 0.25) is 0 Å². The first-order valence-electron chi connectivity index (χ1n) is 10.5. The number of hydrogen-bond donors (Lipinski definition) is 0. The number of hydrogen-bond acceptors (Lipinski definition) is 5. The largest absolute Gasteiger partial charge is 0.360 e. The number of benzene rings is 3. The zero-order chi connectivity index (χ0) is 22.9. The van der Waals surface area contributed by atoms with E-state index in [2.05, 4.69) is 11.2 Å². The van der Waals surface area contributed by atoms with Gasteiger partial charge in [-0.3, -0.25) is 9.69 Å². The zero-order valence-electron chi connectivity index (χ0n) is 18.1. The number of carbonyl (C=O) groups excluding carboxylic acids is 1. The van der Waals surface area contributed by atoms with Gasteiger partial charge in [-0.25, -0.2) is 4.98 Å². The van der Waals surface area contributed by atoms with Gasteiger partial charge in [0, 0.05) is 5.56 Å². The highest BCUT2D eigenvalue weighted by Gasteiger charge is 2.29. The number of halogens is 1. The predicted molar refractivity (Wildman–Crippen MR) is 133 cm³/mol. The zero-order valence-corrected chi connectivity index (χ0v) is 19.7. The van der Waals surface area contributed by atoms with Crippen molar-refractivity contribution >= 4 is 44.2 Å². The van der Waals surface area contributed by atoms with Crippen LogP contribution in [0.1, 0.15) is 27.2 Å². The van der Waals surface area contributed by atoms with Crippen LogP contribution >= 0.6 is 22.9 Å². The molecule has 0 radical (unpaired) electrons. The van der Waals surface area contributed by atoms with Crippen molar-refractivity contribution in [2.75, 3.05) is 4.90 Å². The van der Waals surface area contributed by atoms with E-state index >= 15 is 0 Å². The predicted octanol–water partition coefficient (Wildman–Crippen LogP) is 7.07. The molecule has 2 aromatic heterocycles. The number of carbonyl (C=O) groups is 1. The van der Waals surface area contributed by atoms with E-state index in [4.69, 9.17) is 21.1 Å². The molecule has 5 aromatic rings. The van der Waals surface area contributed by atoms with Crippen molar-refractivity contribution in [2.24, 2.45) is 0 Å². The van der Waals surface area contributed by atoms with Crippen LogP contribution in [0, 0.1) is 13.8 Å². The first-order chi connectivity index (χ1) is 16.0. The lowest BCUT2D eigenvalue weighted by atomic mass is 10.0. The molecule has 5 nitrogen and oxygen atoms in total. The highest BCUT2D eigenvalue weighted by atomic mass is 35.5. The Labute approximate surface area is 200 Å². The van der Waals surface area contributed by atoms with Gasteiger partial charge in [-0.15, -0.1) is 0 Å². The summed E-state index contributed by atoms with van der Waals surface area (Å²) in [6, 6.07) is 23.2. The van der Waals surface area contributed by atoms with Crippen molar-refractivity contribution < 1.29 is 9.32 Å². The van der Waals surface area contributed by atoms with Crippen molar-refractivity contribution in [1.29, 1.82) is 0 Å². The second kappa shape index (κ2) is 8.81. The molecule has 0 saturated carbocycles. The van der Waals surface area contributed by atoms with Crippen LogP contribution in [0.15, 0.2) is 77.3 Å². The molecule has 0 atom stereocenters. The van der Waals surface area contributed by atoms with E-state index in [1.807, 2.05) is 67.6 Å². The average Bonchev–Trinajstić information content (AvgIpc) is 3.41. The molecule has 164 valence electrons. The Hall–Kier alpha value is -3.48. The maximum Gasteiger partial charge on any atom is 0.266 e. The molecule has 0 fully saturated rings. The molecule has 0 N–H and O–H groups in total. The fourth-order valence-electron chi connectivity index (χ4n) is 3.72. The molecule has 5 rings (SSSR count). The Bertz CT molecular complexity index is 1460. The second-order valence-corrected chi connectivity index (χ2v) is 9.20. The van der Waals surface area contributed by atoms with Crippen LogP contribution in [0.25, 0.3) is 21.5 Å². The lowest BCUT2D eigenvalue weighted by molar-refractivity contribution is 0.0984. The minimum Gasteiger partial charge on any atom is -0.360 e. The Kier molecular flexibility index (Phi) is 5.70. The van der Waals surface area contributed by atoms with Crippen molar-refractivity contribution in [3.8, 4) is 11.3 Å². The Morgan fingerprint density at radius 1 is 1.03 bits per heavy atom. The van der Waals surface area contributed by atoms with Gasteiger partial charge in [-0.1, -0.05) is 82.7 Å². The molecule has 2 heterocycles. The summed E-state index contributed by atoms with van der Waals surface area (Å²) in [7, 11) is 0. The van der Waals surface area contributed by atoms with Crippen molar-refractivity contribution in [2.45, 2.75) is 20.4 Å². The summed E-state index contributed by atoms with van der Waals surface area (Å²) in [4.78, 5) is 20.5. The van der Waals surface area contributed by atoms with Gasteiger partial charge in [0.15, 0.2) is 5.13 Å². The van der Waals surface area contributed by atoms with Gasteiger partial charge in [-0.05, 0) is 43.2 Å². The number of amides is 1. The van der Waals surface area contributed by atoms with E-state index in [9.17, 15) is 4.79 Å². The lowest BCUT2D eigenvalue weighted by Gasteiger charge is -2.20. The molecule has 0 saturated heterocycles. The Morgan fingerprint density at radius 3 is 2.58 bits per heavy atom. The van der Waals surface area contributed by atoms with Crippen LogP contribution in [-0.4, -0.2) is 16.0 Å². The molecule has 0 bridgehead atoms. The smallest absolute Gasteiger partial charge is 0.266 e. The minimum absolute atomic E-state index is 0.233. The number of nitrogens with zero attached hydrogens (tertiary/aromatic N) is 3. The SMILES string of the molecule is Cc1ccc2nc(N(Cc3ccccc3)C(=O)c3c(-c4ccccc4Cl)noc3C)sc2c1. The number of fused-ring (bicyclic) bond motifs is 1. The van der Waals surface area contributed by atoms with Crippen LogP contribution in [-0.2, 0) is 6.54 Å². The first-order valence-corrected chi connectivity index (χ1v) is 11.6. The summed E-state index contributed by atoms with van der Waals surface area (Å²) >= 11 is 7.91. The van der Waals surface area contributed by atoms with Crippen LogP contribution < -0.4 is 4.90 Å². The molecule has 1 amide bonds. The monoisotopic (exact) mass is 473 g/mol. The topological polar surface area (TPSA) is 59.2 Å². The van der Waals surface area contributed by atoms with Gasteiger partial charge in [0.05, 0.1) is 21.8 Å². The van der Waals surface area contributed by atoms with Gasteiger partial charge < -0.3 is 4.52 Å². The molecule has 0 aliphatic heterocycles. The third-order valence-corrected chi connectivity index (χ3v) is 6.77. The standard InChI is InChI=1S/C26H20ClN3O2S/c1-16-12-13-21-22(14-16)33-26(28-21)30(15-18-8-4-3-5-9-18)25(31)23-17(2)32-29-24(23)19-10-6-7-11-20(19)27/h3-14H,15H2,1-2H3. The highest BCUT2D eigenvalue weighted by Crippen LogP contribution is 2.35. The minimum atomic E-state index is -0.233. The Balaban J connectivity index is 1.63. The van der Waals surface area contributed by atoms with E-state index in [-0.39, 0.29) is 5.91 Å². The number of aromatic nitrogens is 2. The van der Waals surface area contributed by atoms with Gasteiger partial charge in [-0.2, -0.15) is 0 Å². The number of thiazole rings is 1. The van der Waals surface area contributed by atoms with E-state index in [0.717, 1.165) is 21.3 Å². The molecule has 0 aliphatic carbocycles. The summed E-state index contributed by atoms with van der Waals surface area (Å²) in [6.45, 7) is 4.15. The molecule has 0 spiro atoms. The molecule has 3 aromatic carbocycles. The van der Waals surface area contributed by atoms with Gasteiger partial charge >= 0.3 is 0 Å². The van der Waals surface area contributed by atoms with Crippen molar-refractivity contribution in [3.63, 3.8) is 0 Å². The summed E-state index contributed by atoms with van der Waals surface area (Å²) in [5.74, 6) is 0.202. The second-order valence-electron chi connectivity index (χ2n) is 7.79. The fraction of sp³-hybridized carbons (Fsp3) is 0.115. The summed E-state index contributed by atoms with van der Waals surface area (Å²) in [5.41, 5.74) is 4.47. The number of aryl methyl sites for hydroxylation is 2. The number of anilines is 1. The van der Waals surface area contributed by atoms with Gasteiger partial charge in [0.1, 0.15) is 17.0 Å². The van der Waals surface area contributed by atoms with Crippen LogP contribution in [0.5, 0.6) is 0 Å². The Morgan fingerprint density at radius 2 is 1.79 bits per heavy atom.